The highest BCUT2D eigenvalue weighted by molar-refractivity contribution is 5.95. The summed E-state index contributed by atoms with van der Waals surface area (Å²) in [6.07, 6.45) is -0.522. The average molecular weight is 576 g/mol. The summed E-state index contributed by atoms with van der Waals surface area (Å²) in [5.74, 6) is -7.58. The molecule has 41 heavy (non-hydrogen) atoms. The number of hydrogen-bond donors (Lipinski definition) is 9. The van der Waals surface area contributed by atoms with Crippen molar-refractivity contribution in [1.29, 1.82) is 0 Å². The summed E-state index contributed by atoms with van der Waals surface area (Å²) in [5, 5.41) is 25.7. The van der Waals surface area contributed by atoms with Crippen LogP contribution in [0, 0.1) is 0 Å². The van der Waals surface area contributed by atoms with Crippen molar-refractivity contribution in [2.45, 2.75) is 62.7 Å². The topological polar surface area (TPSA) is 290 Å². The first-order valence-corrected chi connectivity index (χ1v) is 12.5. The number of aromatic nitrogens is 1. The van der Waals surface area contributed by atoms with Crippen molar-refractivity contribution in [3.8, 4) is 0 Å². The second-order valence-electron chi connectivity index (χ2n) is 9.30. The van der Waals surface area contributed by atoms with Crippen molar-refractivity contribution in [3.05, 3.63) is 36.0 Å². The first-order chi connectivity index (χ1) is 19.3. The molecule has 2 aromatic rings. The molecule has 12 N–H and O–H groups in total. The van der Waals surface area contributed by atoms with Gasteiger partial charge < -0.3 is 48.3 Å². The lowest BCUT2D eigenvalue weighted by Gasteiger charge is -2.25. The van der Waals surface area contributed by atoms with E-state index in [1.807, 2.05) is 29.6 Å². The third-order valence-electron chi connectivity index (χ3n) is 6.07. The first kappa shape index (κ1) is 32.2. The van der Waals surface area contributed by atoms with Gasteiger partial charge in [-0.3, -0.25) is 28.8 Å². The van der Waals surface area contributed by atoms with Gasteiger partial charge in [-0.25, -0.2) is 4.79 Å². The van der Waals surface area contributed by atoms with Gasteiger partial charge >= 0.3 is 11.9 Å². The summed E-state index contributed by atoms with van der Waals surface area (Å²) in [7, 11) is 0. The Morgan fingerprint density at radius 2 is 1.29 bits per heavy atom. The molecular formula is C25H33N7O9. The Morgan fingerprint density at radius 3 is 1.80 bits per heavy atom. The predicted octanol–water partition coefficient (Wildman–Crippen LogP) is -2.42. The van der Waals surface area contributed by atoms with Gasteiger partial charge in [0.25, 0.3) is 0 Å². The van der Waals surface area contributed by atoms with Gasteiger partial charge in [0.05, 0.1) is 12.5 Å². The molecule has 0 aliphatic heterocycles. The highest BCUT2D eigenvalue weighted by atomic mass is 16.4. The number of carboxylic acids is 2. The molecule has 0 aliphatic carbocycles. The van der Waals surface area contributed by atoms with Crippen molar-refractivity contribution >= 4 is 52.4 Å². The van der Waals surface area contributed by atoms with Crippen LogP contribution in [0.2, 0.25) is 0 Å². The Morgan fingerprint density at radius 1 is 0.780 bits per heavy atom. The number of primary amides is 2. The summed E-state index contributed by atoms with van der Waals surface area (Å²) in [4.78, 5) is 86.9. The molecule has 0 saturated heterocycles. The summed E-state index contributed by atoms with van der Waals surface area (Å²) >= 11 is 0. The maximum absolute atomic E-state index is 13.1. The fourth-order valence-electron chi connectivity index (χ4n) is 3.94. The van der Waals surface area contributed by atoms with E-state index in [1.54, 1.807) is 6.20 Å². The van der Waals surface area contributed by atoms with Gasteiger partial charge in [0.15, 0.2) is 0 Å². The Hall–Kier alpha value is -4.99. The highest BCUT2D eigenvalue weighted by Gasteiger charge is 2.31. The Balaban J connectivity index is 2.18. The Kier molecular flexibility index (Phi) is 11.8. The standard InChI is InChI=1S/C25H33N7O9/c26-14(9-12-11-29-15-4-2-1-3-13(12)15)22(37)30-16(5-7-19(27)33)23(38)31-17(6-8-20(28)34)24(39)32-18(25(40)41)10-21(35)36/h1-4,11,14,16-18,29H,5-10,26H2,(H2,27,33)(H2,28,34)(H,30,37)(H,31,38)(H,32,39)(H,35,36)(H,40,41). The number of carbonyl (C=O) groups excluding carboxylic acids is 5. The van der Waals surface area contributed by atoms with Gasteiger partial charge in [0.2, 0.25) is 29.5 Å². The van der Waals surface area contributed by atoms with Crippen LogP contribution in [0.3, 0.4) is 0 Å². The molecule has 16 nitrogen and oxygen atoms in total. The number of para-hydroxylation sites is 1. The number of hydrogen-bond acceptors (Lipinski definition) is 8. The van der Waals surface area contributed by atoms with Crippen molar-refractivity contribution < 1.29 is 43.8 Å². The average Bonchev–Trinajstić information content (AvgIpc) is 3.30. The molecule has 222 valence electrons. The zero-order valence-corrected chi connectivity index (χ0v) is 21.9. The van der Waals surface area contributed by atoms with Gasteiger partial charge in [-0.15, -0.1) is 0 Å². The minimum atomic E-state index is -1.83. The van der Waals surface area contributed by atoms with Crippen LogP contribution in [0.1, 0.15) is 37.7 Å². The van der Waals surface area contributed by atoms with Crippen LogP contribution in [-0.2, 0) is 40.0 Å². The number of rotatable bonds is 17. The van der Waals surface area contributed by atoms with E-state index in [0.29, 0.717) is 0 Å². The summed E-state index contributed by atoms with van der Waals surface area (Å²) < 4.78 is 0. The molecule has 1 aromatic carbocycles. The SMILES string of the molecule is NC(=O)CCC(NC(=O)C(N)Cc1c[nH]c2ccccc12)C(=O)NC(CCC(N)=O)C(=O)NC(CC(=O)O)C(=O)O. The van der Waals surface area contributed by atoms with E-state index < -0.39 is 78.5 Å². The van der Waals surface area contributed by atoms with Gasteiger partial charge in [-0.2, -0.15) is 0 Å². The van der Waals surface area contributed by atoms with E-state index in [4.69, 9.17) is 22.3 Å². The zero-order valence-electron chi connectivity index (χ0n) is 21.9. The maximum Gasteiger partial charge on any atom is 0.326 e. The minimum Gasteiger partial charge on any atom is -0.481 e. The normalized spacial score (nSPS) is 13.8. The molecule has 4 atom stereocenters. The lowest BCUT2D eigenvalue weighted by molar-refractivity contribution is -0.147. The third kappa shape index (κ3) is 10.2. The monoisotopic (exact) mass is 575 g/mol. The summed E-state index contributed by atoms with van der Waals surface area (Å²) in [5.41, 5.74) is 18.0. The molecule has 1 heterocycles. The van der Waals surface area contributed by atoms with Gasteiger partial charge in [0.1, 0.15) is 18.1 Å². The second kappa shape index (κ2) is 15.0. The van der Waals surface area contributed by atoms with Crippen LogP contribution in [0.5, 0.6) is 0 Å². The molecule has 0 bridgehead atoms. The van der Waals surface area contributed by atoms with E-state index in [2.05, 4.69) is 15.6 Å². The summed E-state index contributed by atoms with van der Waals surface area (Å²) in [6.45, 7) is 0. The third-order valence-corrected chi connectivity index (χ3v) is 6.07. The fourth-order valence-corrected chi connectivity index (χ4v) is 3.94. The van der Waals surface area contributed by atoms with Gasteiger partial charge in [0, 0.05) is 29.9 Å². The van der Waals surface area contributed by atoms with Crippen molar-refractivity contribution in [2.24, 2.45) is 17.2 Å². The van der Waals surface area contributed by atoms with E-state index in [-0.39, 0.29) is 25.7 Å². The molecular weight excluding hydrogens is 542 g/mol. The van der Waals surface area contributed by atoms with Crippen LogP contribution in [0.4, 0.5) is 0 Å². The second-order valence-corrected chi connectivity index (χ2v) is 9.30. The fraction of sp³-hybridized carbons (Fsp3) is 0.400. The van der Waals surface area contributed by atoms with E-state index >= 15 is 0 Å². The first-order valence-electron chi connectivity index (χ1n) is 12.5. The number of fused-ring (bicyclic) bond motifs is 1. The highest BCUT2D eigenvalue weighted by Crippen LogP contribution is 2.19. The number of amides is 5. The van der Waals surface area contributed by atoms with E-state index in [9.17, 15) is 38.7 Å². The number of benzene rings is 1. The van der Waals surface area contributed by atoms with E-state index in [0.717, 1.165) is 16.5 Å². The Labute approximate surface area is 233 Å². The van der Waals surface area contributed by atoms with Crippen LogP contribution in [0.15, 0.2) is 30.5 Å². The number of carbonyl (C=O) groups is 7. The van der Waals surface area contributed by atoms with Crippen LogP contribution >= 0.6 is 0 Å². The number of nitrogens with one attached hydrogen (secondary N) is 4. The molecule has 0 aliphatic rings. The maximum atomic E-state index is 13.1. The van der Waals surface area contributed by atoms with Crippen molar-refractivity contribution in [1.82, 2.24) is 20.9 Å². The molecule has 5 amide bonds. The van der Waals surface area contributed by atoms with E-state index in [1.165, 1.54) is 0 Å². The lowest BCUT2D eigenvalue weighted by Crippen LogP contribution is -2.57. The van der Waals surface area contributed by atoms with Crippen LogP contribution in [-0.4, -0.2) is 80.8 Å². The van der Waals surface area contributed by atoms with Crippen molar-refractivity contribution in [2.75, 3.05) is 0 Å². The largest absolute Gasteiger partial charge is 0.481 e. The number of aliphatic carboxylic acids is 2. The quantitative estimate of drug-likeness (QED) is 0.0961. The number of H-pyrrole nitrogens is 1. The van der Waals surface area contributed by atoms with Gasteiger partial charge in [-0.1, -0.05) is 18.2 Å². The summed E-state index contributed by atoms with van der Waals surface area (Å²) in [6, 6.07) is 1.46. The molecule has 1 aromatic heterocycles. The molecule has 0 fully saturated rings. The Bertz CT molecular complexity index is 1310. The lowest BCUT2D eigenvalue weighted by atomic mass is 10.0. The minimum absolute atomic E-state index is 0.101. The smallest absolute Gasteiger partial charge is 0.326 e. The molecule has 4 unspecified atom stereocenters. The zero-order chi connectivity index (χ0) is 30.7. The predicted molar refractivity (Wildman–Crippen MR) is 143 cm³/mol. The van der Waals surface area contributed by atoms with Gasteiger partial charge in [-0.05, 0) is 30.9 Å². The molecule has 2 rings (SSSR count). The molecule has 0 radical (unpaired) electrons. The van der Waals surface area contributed by atoms with Crippen LogP contribution < -0.4 is 33.2 Å². The number of aromatic amines is 1. The molecule has 16 heteroatoms. The number of carboxylic acid groups (broad SMARTS) is 2. The molecule has 0 spiro atoms. The van der Waals surface area contributed by atoms with Crippen molar-refractivity contribution in [3.63, 3.8) is 0 Å². The number of nitrogens with two attached hydrogens (primary N) is 3. The van der Waals surface area contributed by atoms with Crippen LogP contribution in [0.25, 0.3) is 10.9 Å². The molecule has 0 saturated carbocycles.